The normalized spacial score (nSPS) is 17.1. The van der Waals surface area contributed by atoms with E-state index in [0.29, 0.717) is 10.7 Å². The van der Waals surface area contributed by atoms with Gasteiger partial charge in [-0.2, -0.15) is 0 Å². The van der Waals surface area contributed by atoms with Gasteiger partial charge < -0.3 is 10.6 Å². The standard InChI is InChI=1S/C15H14ClN3O/c1-9-6-10-7-12(17)3-5-14(10)19(9)15(20)13-4-2-11(16)8-18-13/h2-5,7-9H,6,17H2,1H3. The number of fused-ring (bicyclic) bond motifs is 1. The van der Waals surface area contributed by atoms with E-state index in [1.807, 2.05) is 25.1 Å². The number of rotatable bonds is 1. The van der Waals surface area contributed by atoms with Crippen molar-refractivity contribution < 1.29 is 4.79 Å². The van der Waals surface area contributed by atoms with Gasteiger partial charge in [-0.3, -0.25) is 4.79 Å². The van der Waals surface area contributed by atoms with Crippen LogP contribution in [-0.2, 0) is 6.42 Å². The van der Waals surface area contributed by atoms with Gasteiger partial charge in [0, 0.05) is 23.6 Å². The summed E-state index contributed by atoms with van der Waals surface area (Å²) >= 11 is 5.80. The zero-order valence-corrected chi connectivity index (χ0v) is 11.8. The van der Waals surface area contributed by atoms with Gasteiger partial charge in [-0.15, -0.1) is 0 Å². The van der Waals surface area contributed by atoms with Crippen molar-refractivity contribution >= 4 is 28.9 Å². The van der Waals surface area contributed by atoms with E-state index in [4.69, 9.17) is 17.3 Å². The molecule has 0 aliphatic carbocycles. The first-order chi connectivity index (χ1) is 9.56. The molecule has 102 valence electrons. The third kappa shape index (κ3) is 2.12. The number of halogens is 1. The fraction of sp³-hybridized carbons (Fsp3) is 0.200. The molecule has 0 saturated heterocycles. The van der Waals surface area contributed by atoms with E-state index < -0.39 is 0 Å². The highest BCUT2D eigenvalue weighted by atomic mass is 35.5. The largest absolute Gasteiger partial charge is 0.399 e. The zero-order valence-electron chi connectivity index (χ0n) is 11.0. The average Bonchev–Trinajstić information content (AvgIpc) is 2.73. The first-order valence-corrected chi connectivity index (χ1v) is 6.77. The fourth-order valence-electron chi connectivity index (χ4n) is 2.59. The molecule has 1 aliphatic rings. The summed E-state index contributed by atoms with van der Waals surface area (Å²) in [7, 11) is 0. The van der Waals surface area contributed by atoms with Gasteiger partial charge in [0.15, 0.2) is 0 Å². The van der Waals surface area contributed by atoms with E-state index >= 15 is 0 Å². The van der Waals surface area contributed by atoms with Crippen LogP contribution in [0, 0.1) is 0 Å². The molecule has 0 radical (unpaired) electrons. The van der Waals surface area contributed by atoms with Gasteiger partial charge in [-0.1, -0.05) is 11.6 Å². The van der Waals surface area contributed by atoms with Crippen LogP contribution in [0.2, 0.25) is 5.02 Å². The number of anilines is 2. The molecule has 4 nitrogen and oxygen atoms in total. The summed E-state index contributed by atoms with van der Waals surface area (Å²) in [5, 5.41) is 0.518. The molecule has 1 amide bonds. The first kappa shape index (κ1) is 12.9. The molecule has 2 aromatic rings. The fourth-order valence-corrected chi connectivity index (χ4v) is 2.70. The van der Waals surface area contributed by atoms with Crippen molar-refractivity contribution in [2.75, 3.05) is 10.6 Å². The molecule has 5 heteroatoms. The van der Waals surface area contributed by atoms with E-state index in [1.54, 1.807) is 17.0 Å². The van der Waals surface area contributed by atoms with Gasteiger partial charge in [-0.25, -0.2) is 4.98 Å². The predicted molar refractivity (Wildman–Crippen MR) is 80.1 cm³/mol. The van der Waals surface area contributed by atoms with Crippen LogP contribution in [0.5, 0.6) is 0 Å². The maximum atomic E-state index is 12.6. The molecular weight excluding hydrogens is 274 g/mol. The Kier molecular flexibility index (Phi) is 3.10. The molecular formula is C15H14ClN3O. The van der Waals surface area contributed by atoms with Crippen molar-refractivity contribution in [2.45, 2.75) is 19.4 Å². The Labute approximate surface area is 122 Å². The van der Waals surface area contributed by atoms with Gasteiger partial charge in [0.2, 0.25) is 0 Å². The quantitative estimate of drug-likeness (QED) is 0.821. The van der Waals surface area contributed by atoms with Crippen LogP contribution in [0.1, 0.15) is 23.0 Å². The van der Waals surface area contributed by atoms with Gasteiger partial charge in [0.25, 0.3) is 5.91 Å². The minimum Gasteiger partial charge on any atom is -0.399 e. The molecule has 0 fully saturated rings. The Hall–Kier alpha value is -2.07. The molecule has 0 saturated carbocycles. The number of aromatic nitrogens is 1. The summed E-state index contributed by atoms with van der Waals surface area (Å²) in [4.78, 5) is 18.5. The second kappa shape index (κ2) is 4.80. The highest BCUT2D eigenvalue weighted by Gasteiger charge is 2.32. The number of nitrogens with zero attached hydrogens (tertiary/aromatic N) is 2. The van der Waals surface area contributed by atoms with Crippen LogP contribution in [0.25, 0.3) is 0 Å². The lowest BCUT2D eigenvalue weighted by atomic mass is 10.1. The Morgan fingerprint density at radius 3 is 2.90 bits per heavy atom. The highest BCUT2D eigenvalue weighted by Crippen LogP contribution is 2.34. The Bertz CT molecular complexity index is 669. The molecule has 1 aromatic heterocycles. The smallest absolute Gasteiger partial charge is 0.277 e. The molecule has 2 N–H and O–H groups in total. The number of nitrogen functional groups attached to an aromatic ring is 1. The maximum absolute atomic E-state index is 12.6. The van der Waals surface area contributed by atoms with E-state index in [2.05, 4.69) is 4.98 Å². The van der Waals surface area contributed by atoms with E-state index in [1.165, 1.54) is 6.20 Å². The lowest BCUT2D eigenvalue weighted by molar-refractivity contribution is 0.0976. The van der Waals surface area contributed by atoms with Crippen LogP contribution in [-0.4, -0.2) is 16.9 Å². The lowest BCUT2D eigenvalue weighted by Gasteiger charge is -2.22. The molecule has 3 rings (SSSR count). The molecule has 0 spiro atoms. The molecule has 1 aromatic carbocycles. The minimum atomic E-state index is -0.113. The van der Waals surface area contributed by atoms with Crippen molar-refractivity contribution in [1.29, 1.82) is 0 Å². The van der Waals surface area contributed by atoms with Crippen molar-refractivity contribution in [3.63, 3.8) is 0 Å². The van der Waals surface area contributed by atoms with Crippen LogP contribution in [0.4, 0.5) is 11.4 Å². The molecule has 20 heavy (non-hydrogen) atoms. The lowest BCUT2D eigenvalue weighted by Crippen LogP contribution is -2.36. The predicted octanol–water partition coefficient (Wildman–Crippen LogP) is 2.91. The number of benzene rings is 1. The Balaban J connectivity index is 1.98. The molecule has 1 aliphatic heterocycles. The van der Waals surface area contributed by atoms with Gasteiger partial charge >= 0.3 is 0 Å². The molecule has 1 atom stereocenters. The summed E-state index contributed by atoms with van der Waals surface area (Å²) in [5.74, 6) is -0.113. The topological polar surface area (TPSA) is 59.2 Å². The summed E-state index contributed by atoms with van der Waals surface area (Å²) in [6.45, 7) is 2.02. The number of hydrogen-bond acceptors (Lipinski definition) is 3. The second-order valence-corrected chi connectivity index (χ2v) is 5.41. The van der Waals surface area contributed by atoms with Crippen LogP contribution in [0.3, 0.4) is 0 Å². The number of carbonyl (C=O) groups excluding carboxylic acids is 1. The first-order valence-electron chi connectivity index (χ1n) is 6.40. The van der Waals surface area contributed by atoms with Crippen molar-refractivity contribution in [2.24, 2.45) is 0 Å². The Morgan fingerprint density at radius 2 is 2.20 bits per heavy atom. The monoisotopic (exact) mass is 287 g/mol. The summed E-state index contributed by atoms with van der Waals surface area (Å²) in [6, 6.07) is 9.04. The van der Waals surface area contributed by atoms with E-state index in [9.17, 15) is 4.79 Å². The number of hydrogen-bond donors (Lipinski definition) is 1. The van der Waals surface area contributed by atoms with E-state index in [-0.39, 0.29) is 11.9 Å². The SMILES string of the molecule is CC1Cc2cc(N)ccc2N1C(=O)c1ccc(Cl)cn1. The summed E-state index contributed by atoms with van der Waals surface area (Å²) in [6.07, 6.45) is 2.29. The van der Waals surface area contributed by atoms with Crippen molar-refractivity contribution in [3.8, 4) is 0 Å². The maximum Gasteiger partial charge on any atom is 0.277 e. The minimum absolute atomic E-state index is 0.0942. The van der Waals surface area contributed by atoms with E-state index in [0.717, 1.165) is 23.4 Å². The number of amides is 1. The average molecular weight is 288 g/mol. The molecule has 2 heterocycles. The summed E-state index contributed by atoms with van der Waals surface area (Å²) < 4.78 is 0. The van der Waals surface area contributed by atoms with Crippen LogP contribution < -0.4 is 10.6 Å². The van der Waals surface area contributed by atoms with Crippen molar-refractivity contribution in [3.05, 3.63) is 52.8 Å². The van der Waals surface area contributed by atoms with Gasteiger partial charge in [0.05, 0.1) is 5.02 Å². The number of nitrogens with two attached hydrogens (primary N) is 1. The highest BCUT2D eigenvalue weighted by molar-refractivity contribution is 6.30. The zero-order chi connectivity index (χ0) is 14.3. The van der Waals surface area contributed by atoms with Gasteiger partial charge in [0.1, 0.15) is 5.69 Å². The van der Waals surface area contributed by atoms with Gasteiger partial charge in [-0.05, 0) is 49.2 Å². The Morgan fingerprint density at radius 1 is 1.40 bits per heavy atom. The number of carbonyl (C=O) groups is 1. The third-order valence-corrected chi connectivity index (χ3v) is 3.71. The van der Waals surface area contributed by atoms with Crippen molar-refractivity contribution in [1.82, 2.24) is 4.98 Å². The molecule has 0 bridgehead atoms. The molecule has 1 unspecified atom stereocenters. The second-order valence-electron chi connectivity index (χ2n) is 4.98. The number of pyridine rings is 1. The summed E-state index contributed by atoms with van der Waals surface area (Å²) in [5.41, 5.74) is 8.91. The van der Waals surface area contributed by atoms with Crippen LogP contribution in [0.15, 0.2) is 36.5 Å². The third-order valence-electron chi connectivity index (χ3n) is 3.48. The van der Waals surface area contributed by atoms with Crippen LogP contribution >= 0.6 is 11.6 Å².